The van der Waals surface area contributed by atoms with E-state index in [2.05, 4.69) is 39.9 Å². The van der Waals surface area contributed by atoms with E-state index in [1.165, 1.54) is 16.5 Å². The number of hydrogen-bond acceptors (Lipinski definition) is 4. The van der Waals surface area contributed by atoms with Crippen LogP contribution in [-0.4, -0.2) is 60.1 Å². The molecule has 0 radical (unpaired) electrons. The number of aliphatic hydroxyl groups is 1. The highest BCUT2D eigenvalue weighted by atomic mass is 16.5. The predicted octanol–water partition coefficient (Wildman–Crippen LogP) is 1.23. The standard InChI is InChI=1S/C18H27N3O2/c19-7-3-4-15-12-21(18-6-2-1-5-17(15)18)14-16(22)13-20-8-10-23-11-9-20/h1-2,5-6,12,16,22H,3-4,7-11,13-14,19H2. The van der Waals surface area contributed by atoms with Crippen molar-refractivity contribution in [1.29, 1.82) is 0 Å². The fraction of sp³-hybridized carbons (Fsp3) is 0.556. The van der Waals surface area contributed by atoms with Gasteiger partial charge in [-0.3, -0.25) is 4.90 Å². The highest BCUT2D eigenvalue weighted by Gasteiger charge is 2.16. The third-order valence-corrected chi connectivity index (χ3v) is 4.50. The van der Waals surface area contributed by atoms with Crippen molar-refractivity contribution in [3.8, 4) is 0 Å². The summed E-state index contributed by atoms with van der Waals surface area (Å²) in [6.45, 7) is 5.38. The summed E-state index contributed by atoms with van der Waals surface area (Å²) in [6, 6.07) is 8.41. The number of hydrogen-bond donors (Lipinski definition) is 2. The highest BCUT2D eigenvalue weighted by molar-refractivity contribution is 5.84. The molecule has 126 valence electrons. The van der Waals surface area contributed by atoms with Crippen LogP contribution >= 0.6 is 0 Å². The van der Waals surface area contributed by atoms with Gasteiger partial charge < -0.3 is 20.1 Å². The van der Waals surface area contributed by atoms with Crippen LogP contribution in [-0.2, 0) is 17.7 Å². The average Bonchev–Trinajstić information content (AvgIpc) is 2.92. The zero-order valence-corrected chi connectivity index (χ0v) is 13.7. The maximum absolute atomic E-state index is 10.5. The van der Waals surface area contributed by atoms with Crippen molar-refractivity contribution in [3.63, 3.8) is 0 Å². The second-order valence-electron chi connectivity index (χ2n) is 6.28. The van der Waals surface area contributed by atoms with Crippen LogP contribution in [0.4, 0.5) is 0 Å². The predicted molar refractivity (Wildman–Crippen MR) is 92.6 cm³/mol. The van der Waals surface area contributed by atoms with Crippen molar-refractivity contribution in [2.75, 3.05) is 39.4 Å². The highest BCUT2D eigenvalue weighted by Crippen LogP contribution is 2.23. The van der Waals surface area contributed by atoms with Gasteiger partial charge in [-0.25, -0.2) is 0 Å². The molecule has 1 unspecified atom stereocenters. The quantitative estimate of drug-likeness (QED) is 0.806. The molecular formula is C18H27N3O2. The molecule has 23 heavy (non-hydrogen) atoms. The Bertz CT molecular complexity index is 620. The lowest BCUT2D eigenvalue weighted by Crippen LogP contribution is -2.41. The number of benzene rings is 1. The van der Waals surface area contributed by atoms with E-state index in [-0.39, 0.29) is 6.10 Å². The Kier molecular flexibility index (Phi) is 5.67. The second-order valence-corrected chi connectivity index (χ2v) is 6.28. The normalized spacial score (nSPS) is 17.7. The summed E-state index contributed by atoms with van der Waals surface area (Å²) in [5.41, 5.74) is 8.17. The Morgan fingerprint density at radius 2 is 1.96 bits per heavy atom. The molecule has 1 aromatic heterocycles. The summed E-state index contributed by atoms with van der Waals surface area (Å²) in [6.07, 6.45) is 3.79. The van der Waals surface area contributed by atoms with Gasteiger partial charge in [0, 0.05) is 43.3 Å². The number of ether oxygens (including phenoxy) is 1. The molecule has 5 heteroatoms. The van der Waals surface area contributed by atoms with Gasteiger partial charge in [0.2, 0.25) is 0 Å². The van der Waals surface area contributed by atoms with Crippen LogP contribution in [0.15, 0.2) is 30.5 Å². The minimum Gasteiger partial charge on any atom is -0.390 e. The molecule has 2 aromatic rings. The smallest absolute Gasteiger partial charge is 0.0845 e. The largest absolute Gasteiger partial charge is 0.390 e. The van der Waals surface area contributed by atoms with Crippen molar-refractivity contribution in [2.45, 2.75) is 25.5 Å². The number of nitrogens with zero attached hydrogens (tertiary/aromatic N) is 2. The Hall–Kier alpha value is -1.40. The lowest BCUT2D eigenvalue weighted by atomic mass is 10.1. The lowest BCUT2D eigenvalue weighted by Gasteiger charge is -2.28. The van der Waals surface area contributed by atoms with Crippen LogP contribution in [0.3, 0.4) is 0 Å². The summed E-state index contributed by atoms with van der Waals surface area (Å²) in [5.74, 6) is 0. The zero-order valence-electron chi connectivity index (χ0n) is 13.7. The van der Waals surface area contributed by atoms with Gasteiger partial charge in [-0.2, -0.15) is 0 Å². The third-order valence-electron chi connectivity index (χ3n) is 4.50. The SMILES string of the molecule is NCCCc1cn(CC(O)CN2CCOCC2)c2ccccc12. The first-order valence-electron chi connectivity index (χ1n) is 8.53. The minimum atomic E-state index is -0.369. The molecule has 0 saturated carbocycles. The van der Waals surface area contributed by atoms with E-state index >= 15 is 0 Å². The van der Waals surface area contributed by atoms with Gasteiger partial charge >= 0.3 is 0 Å². The van der Waals surface area contributed by atoms with Crippen LogP contribution < -0.4 is 5.73 Å². The Morgan fingerprint density at radius 3 is 2.74 bits per heavy atom. The molecule has 1 aliphatic heterocycles. The summed E-state index contributed by atoms with van der Waals surface area (Å²) >= 11 is 0. The van der Waals surface area contributed by atoms with E-state index < -0.39 is 0 Å². The van der Waals surface area contributed by atoms with E-state index in [1.54, 1.807) is 0 Å². The molecule has 0 bridgehead atoms. The molecule has 2 heterocycles. The van der Waals surface area contributed by atoms with Crippen LogP contribution in [0.5, 0.6) is 0 Å². The molecule has 0 spiro atoms. The molecule has 3 N–H and O–H groups in total. The summed E-state index contributed by atoms with van der Waals surface area (Å²) in [4.78, 5) is 2.27. The van der Waals surface area contributed by atoms with Gasteiger partial charge in [0.25, 0.3) is 0 Å². The maximum atomic E-state index is 10.5. The number of aliphatic hydroxyl groups excluding tert-OH is 1. The summed E-state index contributed by atoms with van der Waals surface area (Å²) in [5, 5.41) is 11.8. The summed E-state index contributed by atoms with van der Waals surface area (Å²) in [7, 11) is 0. The number of para-hydroxylation sites is 1. The number of morpholine rings is 1. The summed E-state index contributed by atoms with van der Waals surface area (Å²) < 4.78 is 7.55. The maximum Gasteiger partial charge on any atom is 0.0845 e. The fourth-order valence-corrected chi connectivity index (χ4v) is 3.33. The first kappa shape index (κ1) is 16.5. The van der Waals surface area contributed by atoms with Crippen LogP contribution in [0, 0.1) is 0 Å². The first-order valence-corrected chi connectivity index (χ1v) is 8.53. The minimum absolute atomic E-state index is 0.369. The topological polar surface area (TPSA) is 63.7 Å². The molecule has 5 nitrogen and oxygen atoms in total. The van der Waals surface area contributed by atoms with Gasteiger partial charge in [-0.1, -0.05) is 18.2 Å². The Labute approximate surface area is 137 Å². The van der Waals surface area contributed by atoms with Crippen LogP contribution in [0.2, 0.25) is 0 Å². The van der Waals surface area contributed by atoms with E-state index in [0.717, 1.165) is 39.1 Å². The van der Waals surface area contributed by atoms with Crippen molar-refractivity contribution in [2.24, 2.45) is 5.73 Å². The third kappa shape index (κ3) is 4.12. The van der Waals surface area contributed by atoms with Crippen molar-refractivity contribution in [1.82, 2.24) is 9.47 Å². The molecule has 0 amide bonds. The van der Waals surface area contributed by atoms with Gasteiger partial charge in [-0.15, -0.1) is 0 Å². The molecule has 1 aliphatic rings. The fourth-order valence-electron chi connectivity index (χ4n) is 3.33. The van der Waals surface area contributed by atoms with E-state index in [4.69, 9.17) is 10.5 Å². The Morgan fingerprint density at radius 1 is 1.17 bits per heavy atom. The van der Waals surface area contributed by atoms with E-state index in [0.29, 0.717) is 19.6 Å². The molecule has 1 aromatic carbocycles. The molecule has 1 saturated heterocycles. The number of nitrogens with two attached hydrogens (primary N) is 1. The molecule has 0 aliphatic carbocycles. The second kappa shape index (κ2) is 7.93. The molecule has 1 atom stereocenters. The van der Waals surface area contributed by atoms with E-state index in [9.17, 15) is 5.11 Å². The number of fused-ring (bicyclic) bond motifs is 1. The van der Waals surface area contributed by atoms with Crippen molar-refractivity contribution in [3.05, 3.63) is 36.0 Å². The van der Waals surface area contributed by atoms with Gasteiger partial charge in [0.15, 0.2) is 0 Å². The molecule has 1 fully saturated rings. The number of rotatable bonds is 7. The molecule has 3 rings (SSSR count). The van der Waals surface area contributed by atoms with E-state index in [1.807, 2.05) is 0 Å². The van der Waals surface area contributed by atoms with Crippen LogP contribution in [0.25, 0.3) is 10.9 Å². The monoisotopic (exact) mass is 317 g/mol. The zero-order chi connectivity index (χ0) is 16.1. The first-order chi connectivity index (χ1) is 11.3. The lowest BCUT2D eigenvalue weighted by molar-refractivity contribution is 0.0117. The number of aromatic nitrogens is 1. The average molecular weight is 317 g/mol. The number of aryl methyl sites for hydroxylation is 1. The Balaban J connectivity index is 1.71. The van der Waals surface area contributed by atoms with Gasteiger partial charge in [-0.05, 0) is 31.0 Å². The molecular weight excluding hydrogens is 290 g/mol. The van der Waals surface area contributed by atoms with Crippen LogP contribution in [0.1, 0.15) is 12.0 Å². The van der Waals surface area contributed by atoms with Crippen molar-refractivity contribution < 1.29 is 9.84 Å². The number of β-amino-alcohol motifs (C(OH)–C–C–N with tert-alkyl or cyclic N) is 1. The van der Waals surface area contributed by atoms with Gasteiger partial charge in [0.1, 0.15) is 0 Å². The van der Waals surface area contributed by atoms with Crippen molar-refractivity contribution >= 4 is 10.9 Å². The van der Waals surface area contributed by atoms with Gasteiger partial charge in [0.05, 0.1) is 19.3 Å².